The normalized spacial score (nSPS) is 19.9. The van der Waals surface area contributed by atoms with E-state index in [4.69, 9.17) is 11.6 Å². The third-order valence-electron chi connectivity index (χ3n) is 1.88. The fourth-order valence-electron chi connectivity index (χ4n) is 1.22. The summed E-state index contributed by atoms with van der Waals surface area (Å²) in [6, 6.07) is 4.56. The van der Waals surface area contributed by atoms with Crippen LogP contribution in [-0.4, -0.2) is 12.3 Å². The molecule has 0 radical (unpaired) electrons. The summed E-state index contributed by atoms with van der Waals surface area (Å²) >= 11 is 9.22. The first-order valence-corrected chi connectivity index (χ1v) is 5.05. The zero-order valence-corrected chi connectivity index (χ0v) is 9.26. The lowest BCUT2D eigenvalue weighted by atomic mass is 10.1. The van der Waals surface area contributed by atoms with E-state index in [1.807, 2.05) is 0 Å². The molecule has 0 N–H and O–H groups in total. The van der Waals surface area contributed by atoms with Crippen molar-refractivity contribution in [2.75, 3.05) is 0 Å². The van der Waals surface area contributed by atoms with Crippen molar-refractivity contribution < 1.29 is 4.39 Å². The Morgan fingerprint density at radius 1 is 1.43 bits per heavy atom. The molecule has 1 aliphatic heterocycles. The van der Waals surface area contributed by atoms with Gasteiger partial charge in [0.25, 0.3) is 0 Å². The highest BCUT2D eigenvalue weighted by Gasteiger charge is 2.22. The monoisotopic (exact) mass is 274 g/mol. The predicted molar refractivity (Wildman–Crippen MR) is 58.9 cm³/mol. The van der Waals surface area contributed by atoms with E-state index >= 15 is 0 Å². The summed E-state index contributed by atoms with van der Waals surface area (Å²) in [5, 5.41) is 0.480. The van der Waals surface area contributed by atoms with E-state index < -0.39 is 12.0 Å². The molecule has 1 heterocycles. The van der Waals surface area contributed by atoms with E-state index in [2.05, 4.69) is 25.9 Å². The minimum absolute atomic E-state index is 0.480. The molecule has 1 unspecified atom stereocenters. The Kier molecular flexibility index (Phi) is 2.65. The number of hydrogen-bond donors (Lipinski definition) is 0. The van der Waals surface area contributed by atoms with Gasteiger partial charge in [-0.05, 0) is 12.1 Å². The molecule has 0 bridgehead atoms. The van der Waals surface area contributed by atoms with Crippen LogP contribution in [0.5, 0.6) is 0 Å². The van der Waals surface area contributed by atoms with E-state index in [1.54, 1.807) is 18.2 Å². The number of hydrogen-bond acceptors (Lipinski definition) is 2. The molecular formula is C9H5BrClFN2. The molecule has 1 atom stereocenters. The van der Waals surface area contributed by atoms with Gasteiger partial charge in [0.2, 0.25) is 5.97 Å². The molecule has 0 fully saturated rings. The van der Waals surface area contributed by atoms with E-state index in [0.717, 1.165) is 4.47 Å². The maximum atomic E-state index is 13.1. The van der Waals surface area contributed by atoms with Gasteiger partial charge in [-0.25, -0.2) is 4.99 Å². The molecule has 72 valence electrons. The molecule has 0 saturated carbocycles. The van der Waals surface area contributed by atoms with Gasteiger partial charge in [-0.15, -0.1) is 0 Å². The number of halogens is 3. The molecule has 5 heteroatoms. The van der Waals surface area contributed by atoms with Crippen molar-refractivity contribution in [2.24, 2.45) is 9.98 Å². The van der Waals surface area contributed by atoms with Gasteiger partial charge in [-0.2, -0.15) is 4.39 Å². The summed E-state index contributed by atoms with van der Waals surface area (Å²) in [5.41, 5.74) is 0.630. The molecule has 2 nitrogen and oxygen atoms in total. The quantitative estimate of drug-likeness (QED) is 0.749. The lowest BCUT2D eigenvalue weighted by Crippen LogP contribution is -2.01. The van der Waals surface area contributed by atoms with Crippen LogP contribution in [0.3, 0.4) is 0 Å². The Morgan fingerprint density at radius 3 is 2.79 bits per heavy atom. The minimum atomic E-state index is -0.671. The zero-order chi connectivity index (χ0) is 10.1. The van der Waals surface area contributed by atoms with Gasteiger partial charge in [0.05, 0.1) is 0 Å². The van der Waals surface area contributed by atoms with Crippen molar-refractivity contribution in [1.82, 2.24) is 0 Å². The third kappa shape index (κ3) is 1.72. The number of benzene rings is 1. The molecule has 1 aromatic carbocycles. The molecule has 0 aliphatic carbocycles. The van der Waals surface area contributed by atoms with Crippen molar-refractivity contribution in [1.29, 1.82) is 0 Å². The summed E-state index contributed by atoms with van der Waals surface area (Å²) in [4.78, 5) is 7.32. The summed E-state index contributed by atoms with van der Waals surface area (Å²) in [5.74, 6) is -0.519. The smallest absolute Gasteiger partial charge is 0.219 e. The van der Waals surface area contributed by atoms with Crippen molar-refractivity contribution in [2.45, 2.75) is 6.04 Å². The number of rotatable bonds is 1. The Labute approximate surface area is 93.6 Å². The van der Waals surface area contributed by atoms with Crippen molar-refractivity contribution in [3.8, 4) is 0 Å². The van der Waals surface area contributed by atoms with E-state index in [9.17, 15) is 4.39 Å². The highest BCUT2D eigenvalue weighted by molar-refractivity contribution is 9.10. The molecule has 0 saturated heterocycles. The van der Waals surface area contributed by atoms with E-state index in [-0.39, 0.29) is 0 Å². The standard InChI is InChI=1S/C9H5BrClFN2/c10-5-1-2-6(7(11)3-5)8-9(12)14-4-13-8/h1-4,8H. The van der Waals surface area contributed by atoms with Gasteiger partial charge in [0, 0.05) is 15.1 Å². The summed E-state index contributed by atoms with van der Waals surface area (Å²) in [6.45, 7) is 0. The lowest BCUT2D eigenvalue weighted by molar-refractivity contribution is 0.740. The Hall–Kier alpha value is -0.740. The summed E-state index contributed by atoms with van der Waals surface area (Å²) < 4.78 is 14.0. The first kappa shape index (κ1) is 9.80. The summed E-state index contributed by atoms with van der Waals surface area (Å²) in [7, 11) is 0. The van der Waals surface area contributed by atoms with Gasteiger partial charge < -0.3 is 0 Å². The second-order valence-electron chi connectivity index (χ2n) is 2.78. The third-order valence-corrected chi connectivity index (χ3v) is 2.70. The van der Waals surface area contributed by atoms with Crippen LogP contribution in [0.2, 0.25) is 5.02 Å². The zero-order valence-electron chi connectivity index (χ0n) is 6.92. The average molecular weight is 276 g/mol. The highest BCUT2D eigenvalue weighted by Crippen LogP contribution is 2.31. The van der Waals surface area contributed by atoms with Gasteiger partial charge in [0.1, 0.15) is 12.4 Å². The molecule has 2 rings (SSSR count). The largest absolute Gasteiger partial charge is 0.256 e. The average Bonchev–Trinajstić information content (AvgIpc) is 2.52. The first-order valence-electron chi connectivity index (χ1n) is 3.88. The van der Waals surface area contributed by atoms with Crippen LogP contribution in [0.4, 0.5) is 4.39 Å². The van der Waals surface area contributed by atoms with E-state index in [1.165, 1.54) is 6.34 Å². The fourth-order valence-corrected chi connectivity index (χ4v) is 2.00. The minimum Gasteiger partial charge on any atom is -0.256 e. The van der Waals surface area contributed by atoms with Gasteiger partial charge in [0.15, 0.2) is 0 Å². The second-order valence-corrected chi connectivity index (χ2v) is 4.11. The van der Waals surface area contributed by atoms with Gasteiger partial charge in [-0.1, -0.05) is 33.6 Å². The second kappa shape index (κ2) is 3.79. The van der Waals surface area contributed by atoms with Crippen LogP contribution < -0.4 is 0 Å². The first-order chi connectivity index (χ1) is 6.68. The summed E-state index contributed by atoms with van der Waals surface area (Å²) in [6.07, 6.45) is 1.21. The molecule has 0 aromatic heterocycles. The van der Waals surface area contributed by atoms with Crippen LogP contribution >= 0.6 is 27.5 Å². The van der Waals surface area contributed by atoms with Crippen LogP contribution in [0.1, 0.15) is 11.6 Å². The molecule has 1 aromatic rings. The Morgan fingerprint density at radius 2 is 2.21 bits per heavy atom. The highest BCUT2D eigenvalue weighted by atomic mass is 79.9. The topological polar surface area (TPSA) is 24.7 Å². The van der Waals surface area contributed by atoms with Crippen molar-refractivity contribution in [3.63, 3.8) is 0 Å². The van der Waals surface area contributed by atoms with Gasteiger partial charge >= 0.3 is 0 Å². The lowest BCUT2D eigenvalue weighted by Gasteiger charge is -2.07. The van der Waals surface area contributed by atoms with Crippen LogP contribution in [0.15, 0.2) is 32.7 Å². The van der Waals surface area contributed by atoms with Crippen molar-refractivity contribution >= 4 is 39.8 Å². The Bertz CT molecular complexity index is 431. The number of nitrogens with zero attached hydrogens (tertiary/aromatic N) is 2. The number of aliphatic imine (C=N–C) groups is 2. The molecular weight excluding hydrogens is 270 g/mol. The maximum absolute atomic E-state index is 13.1. The van der Waals surface area contributed by atoms with Gasteiger partial charge in [-0.3, -0.25) is 4.99 Å². The van der Waals surface area contributed by atoms with E-state index in [0.29, 0.717) is 10.6 Å². The SMILES string of the molecule is FC1=NC=NC1c1ccc(Br)cc1Cl. The van der Waals surface area contributed by atoms with Crippen LogP contribution in [-0.2, 0) is 0 Å². The predicted octanol–water partition coefficient (Wildman–Crippen LogP) is 3.55. The fraction of sp³-hybridized carbons (Fsp3) is 0.111. The Balaban J connectivity index is 2.42. The maximum Gasteiger partial charge on any atom is 0.219 e. The molecule has 1 aliphatic rings. The van der Waals surface area contributed by atoms with Crippen LogP contribution in [0, 0.1) is 0 Å². The van der Waals surface area contributed by atoms with Crippen molar-refractivity contribution in [3.05, 3.63) is 33.3 Å². The molecule has 0 spiro atoms. The molecule has 14 heavy (non-hydrogen) atoms. The molecule has 0 amide bonds. The van der Waals surface area contributed by atoms with Crippen LogP contribution in [0.25, 0.3) is 0 Å².